The molecule has 0 aromatic rings. The number of hydrogen-bond donors (Lipinski definition) is 4. The van der Waals surface area contributed by atoms with Crippen LogP contribution in [0.3, 0.4) is 0 Å². The summed E-state index contributed by atoms with van der Waals surface area (Å²) < 4.78 is 0. The van der Waals surface area contributed by atoms with E-state index in [-0.39, 0.29) is 6.61 Å². The summed E-state index contributed by atoms with van der Waals surface area (Å²) in [6, 6.07) is -0.791. The molecule has 226 valence electrons. The van der Waals surface area contributed by atoms with Crippen molar-refractivity contribution in [1.29, 1.82) is 0 Å². The summed E-state index contributed by atoms with van der Waals surface area (Å²) in [4.78, 5) is 12.3. The molecule has 0 rings (SSSR count). The van der Waals surface area contributed by atoms with Crippen molar-refractivity contribution in [1.82, 2.24) is 5.32 Å². The molecule has 1 amide bonds. The van der Waals surface area contributed by atoms with E-state index in [9.17, 15) is 20.1 Å². The molecule has 4 N–H and O–H groups in total. The Hall–Kier alpha value is -0.910. The Balaban J connectivity index is 3.81. The van der Waals surface area contributed by atoms with E-state index in [2.05, 4.69) is 26.1 Å². The molecular weight excluding hydrogens is 474 g/mol. The van der Waals surface area contributed by atoms with E-state index in [1.165, 1.54) is 103 Å². The molecule has 38 heavy (non-hydrogen) atoms. The van der Waals surface area contributed by atoms with Crippen LogP contribution in [0.15, 0.2) is 12.2 Å². The molecule has 3 atom stereocenters. The number of allylic oxidation sites excluding steroid dienone is 1. The maximum Gasteiger partial charge on any atom is 0.249 e. The van der Waals surface area contributed by atoms with E-state index in [1.54, 1.807) is 6.08 Å². The second-order valence-corrected chi connectivity index (χ2v) is 11.9. The lowest BCUT2D eigenvalue weighted by atomic mass is 10.0. The van der Waals surface area contributed by atoms with Gasteiger partial charge in [-0.15, -0.1) is 0 Å². The SMILES string of the molecule is CCCCCCCCCCCCCCC(O)C(=O)N[C@@H](CO)[C@H](O)/C=C/CCCCCCCCCC(C)C. The second kappa shape index (κ2) is 27.6. The molecule has 0 saturated carbocycles. The molecule has 0 fully saturated rings. The fourth-order valence-electron chi connectivity index (χ4n) is 4.90. The molecule has 0 radical (unpaired) electrons. The molecule has 0 aliphatic carbocycles. The smallest absolute Gasteiger partial charge is 0.249 e. The summed E-state index contributed by atoms with van der Waals surface area (Å²) >= 11 is 0. The highest BCUT2D eigenvalue weighted by Crippen LogP contribution is 2.14. The van der Waals surface area contributed by atoms with Gasteiger partial charge in [0.1, 0.15) is 6.10 Å². The van der Waals surface area contributed by atoms with E-state index < -0.39 is 24.2 Å². The monoisotopic (exact) mass is 539 g/mol. The molecule has 1 unspecified atom stereocenters. The Bertz CT molecular complexity index is 537. The standard InChI is InChI=1S/C33H65NO4/c1-4-5-6-7-8-9-10-11-14-18-21-24-27-32(37)33(38)34-30(28-35)31(36)26-23-20-17-15-12-13-16-19-22-25-29(2)3/h23,26,29-32,35-37H,4-22,24-25,27-28H2,1-3H3,(H,34,38)/b26-23+/t30-,31+,32?/m0/s1. The number of aliphatic hydroxyl groups is 3. The average Bonchev–Trinajstić information content (AvgIpc) is 2.90. The van der Waals surface area contributed by atoms with Gasteiger partial charge in [-0.3, -0.25) is 4.79 Å². The van der Waals surface area contributed by atoms with Gasteiger partial charge >= 0.3 is 0 Å². The number of nitrogens with one attached hydrogen (secondary N) is 1. The highest BCUT2D eigenvalue weighted by atomic mass is 16.3. The van der Waals surface area contributed by atoms with Gasteiger partial charge in [-0.05, 0) is 25.2 Å². The number of carbonyl (C=O) groups is 1. The van der Waals surface area contributed by atoms with Gasteiger partial charge in [-0.1, -0.05) is 155 Å². The second-order valence-electron chi connectivity index (χ2n) is 11.9. The van der Waals surface area contributed by atoms with Gasteiger partial charge < -0.3 is 20.6 Å². The molecule has 0 spiro atoms. The minimum absolute atomic E-state index is 0.362. The first-order chi connectivity index (χ1) is 18.4. The van der Waals surface area contributed by atoms with Crippen LogP contribution >= 0.6 is 0 Å². The van der Waals surface area contributed by atoms with Crippen LogP contribution < -0.4 is 5.32 Å². The third-order valence-corrected chi connectivity index (χ3v) is 7.56. The van der Waals surface area contributed by atoms with Gasteiger partial charge in [0, 0.05) is 0 Å². The van der Waals surface area contributed by atoms with Crippen molar-refractivity contribution in [3.8, 4) is 0 Å². The summed E-state index contributed by atoms with van der Waals surface area (Å²) in [7, 11) is 0. The third-order valence-electron chi connectivity index (χ3n) is 7.56. The van der Waals surface area contributed by atoms with Gasteiger partial charge in [0.05, 0.1) is 18.8 Å². The van der Waals surface area contributed by atoms with Gasteiger partial charge in [-0.2, -0.15) is 0 Å². The van der Waals surface area contributed by atoms with Crippen LogP contribution in [0, 0.1) is 5.92 Å². The number of rotatable bonds is 28. The van der Waals surface area contributed by atoms with Crippen molar-refractivity contribution >= 4 is 5.91 Å². The van der Waals surface area contributed by atoms with Gasteiger partial charge in [0.25, 0.3) is 0 Å². The Morgan fingerprint density at radius 1 is 0.684 bits per heavy atom. The van der Waals surface area contributed by atoms with Crippen molar-refractivity contribution in [3.05, 3.63) is 12.2 Å². The lowest BCUT2D eigenvalue weighted by Gasteiger charge is -2.21. The molecule has 0 aromatic carbocycles. The summed E-state index contributed by atoms with van der Waals surface area (Å²) in [5.74, 6) is 0.304. The van der Waals surface area contributed by atoms with E-state index in [4.69, 9.17) is 0 Å². The van der Waals surface area contributed by atoms with Gasteiger partial charge in [-0.25, -0.2) is 0 Å². The predicted molar refractivity (Wildman–Crippen MR) is 162 cm³/mol. The molecule has 0 bridgehead atoms. The van der Waals surface area contributed by atoms with Crippen molar-refractivity contribution in [3.63, 3.8) is 0 Å². The number of unbranched alkanes of at least 4 members (excludes halogenated alkanes) is 18. The molecule has 0 saturated heterocycles. The fraction of sp³-hybridized carbons (Fsp3) is 0.909. The lowest BCUT2D eigenvalue weighted by molar-refractivity contribution is -0.131. The van der Waals surface area contributed by atoms with Crippen molar-refractivity contribution < 1.29 is 20.1 Å². The Kier molecular flexibility index (Phi) is 27.0. The molecule has 0 heterocycles. The van der Waals surface area contributed by atoms with E-state index in [0.717, 1.165) is 38.0 Å². The Morgan fingerprint density at radius 2 is 1.13 bits per heavy atom. The maximum atomic E-state index is 12.3. The fourth-order valence-corrected chi connectivity index (χ4v) is 4.90. The summed E-state index contributed by atoms with van der Waals surface area (Å²) in [6.45, 7) is 6.46. The summed E-state index contributed by atoms with van der Waals surface area (Å²) in [5, 5.41) is 32.8. The highest BCUT2D eigenvalue weighted by Gasteiger charge is 2.22. The minimum atomic E-state index is -1.09. The summed E-state index contributed by atoms with van der Waals surface area (Å²) in [5.41, 5.74) is 0. The van der Waals surface area contributed by atoms with Crippen LogP contribution in [-0.4, -0.2) is 46.1 Å². The van der Waals surface area contributed by atoms with Crippen LogP contribution in [0.25, 0.3) is 0 Å². The molecule has 5 nitrogen and oxygen atoms in total. The van der Waals surface area contributed by atoms with Crippen molar-refractivity contribution in [2.45, 2.75) is 180 Å². The molecular formula is C33H65NO4. The predicted octanol–water partition coefficient (Wildman–Crippen LogP) is 8.00. The Morgan fingerprint density at radius 3 is 1.61 bits per heavy atom. The lowest BCUT2D eigenvalue weighted by Crippen LogP contribution is -2.48. The van der Waals surface area contributed by atoms with Crippen molar-refractivity contribution in [2.75, 3.05) is 6.61 Å². The van der Waals surface area contributed by atoms with Crippen LogP contribution in [0.4, 0.5) is 0 Å². The first-order valence-corrected chi connectivity index (χ1v) is 16.4. The quantitative estimate of drug-likeness (QED) is 0.0599. The topological polar surface area (TPSA) is 89.8 Å². The van der Waals surface area contributed by atoms with Gasteiger partial charge in [0.15, 0.2) is 0 Å². The zero-order chi connectivity index (χ0) is 28.3. The van der Waals surface area contributed by atoms with Crippen LogP contribution in [0.5, 0.6) is 0 Å². The number of amides is 1. The first kappa shape index (κ1) is 37.1. The zero-order valence-corrected chi connectivity index (χ0v) is 25.5. The molecule has 5 heteroatoms. The summed E-state index contributed by atoms with van der Waals surface area (Å²) in [6.07, 6.45) is 27.9. The third kappa shape index (κ3) is 24.2. The van der Waals surface area contributed by atoms with E-state index in [1.807, 2.05) is 6.08 Å². The van der Waals surface area contributed by atoms with Crippen LogP contribution in [0.2, 0.25) is 0 Å². The first-order valence-electron chi connectivity index (χ1n) is 16.4. The number of carbonyl (C=O) groups excluding carboxylic acids is 1. The van der Waals surface area contributed by atoms with Crippen LogP contribution in [0.1, 0.15) is 162 Å². The molecule has 0 aliphatic heterocycles. The average molecular weight is 540 g/mol. The Labute approximate surface area is 236 Å². The minimum Gasteiger partial charge on any atom is -0.394 e. The van der Waals surface area contributed by atoms with Gasteiger partial charge in [0.2, 0.25) is 5.91 Å². The molecule has 0 aliphatic rings. The largest absolute Gasteiger partial charge is 0.394 e. The number of hydrogen-bond acceptors (Lipinski definition) is 4. The van der Waals surface area contributed by atoms with Crippen molar-refractivity contribution in [2.24, 2.45) is 5.92 Å². The van der Waals surface area contributed by atoms with Crippen LogP contribution in [-0.2, 0) is 4.79 Å². The maximum absolute atomic E-state index is 12.3. The molecule has 0 aromatic heterocycles. The van der Waals surface area contributed by atoms with E-state index >= 15 is 0 Å². The normalized spacial score (nSPS) is 14.3. The highest BCUT2D eigenvalue weighted by molar-refractivity contribution is 5.80. The number of aliphatic hydroxyl groups excluding tert-OH is 3. The van der Waals surface area contributed by atoms with E-state index in [0.29, 0.717) is 6.42 Å². The zero-order valence-electron chi connectivity index (χ0n) is 25.5.